The summed E-state index contributed by atoms with van der Waals surface area (Å²) in [7, 11) is 6.58. The van der Waals surface area contributed by atoms with Gasteiger partial charge in [-0.15, -0.1) is 0 Å². The van der Waals surface area contributed by atoms with Crippen molar-refractivity contribution in [3.8, 4) is 0 Å². The van der Waals surface area contributed by atoms with E-state index < -0.39 is 0 Å². The van der Waals surface area contributed by atoms with Gasteiger partial charge in [0.05, 0.1) is 0 Å². The Labute approximate surface area is 47.5 Å². The monoisotopic (exact) mass is 120 g/mol. The van der Waals surface area contributed by atoms with Crippen molar-refractivity contribution in [1.82, 2.24) is 9.99 Å². The van der Waals surface area contributed by atoms with Crippen LogP contribution in [0.3, 0.4) is 0 Å². The minimum atomic E-state index is 1.06. The molecule has 0 spiro atoms. The van der Waals surface area contributed by atoms with Gasteiger partial charge in [0.1, 0.15) is 0 Å². The van der Waals surface area contributed by atoms with Crippen LogP contribution in [0.5, 0.6) is 0 Å². The Kier molecular flexibility index (Phi) is 4.73. The second-order valence-electron chi connectivity index (χ2n) is 1.58. The molecule has 7 heavy (non-hydrogen) atoms. The summed E-state index contributed by atoms with van der Waals surface area (Å²) >= 11 is 0. The molecule has 0 amide bonds. The lowest BCUT2D eigenvalue weighted by atomic mass is 10.6. The minimum absolute atomic E-state index is 1.06. The molecule has 1 atom stereocenters. The lowest BCUT2D eigenvalue weighted by molar-refractivity contribution is 0.548. The fourth-order valence-corrected chi connectivity index (χ4v) is 0.417. The summed E-state index contributed by atoms with van der Waals surface area (Å²) in [6.45, 7) is 2.14. The van der Waals surface area contributed by atoms with E-state index in [-0.39, 0.29) is 0 Å². The van der Waals surface area contributed by atoms with Crippen molar-refractivity contribution in [2.45, 2.75) is 0 Å². The average Bonchev–Trinajstić information content (AvgIpc) is 1.61. The molecule has 0 aromatic carbocycles. The minimum Gasteiger partial charge on any atom is -0.318 e. The first-order chi connectivity index (χ1) is 3.27. The zero-order valence-electron chi connectivity index (χ0n) is 4.94. The molecule has 0 aliphatic heterocycles. The van der Waals surface area contributed by atoms with Crippen molar-refractivity contribution < 1.29 is 0 Å². The quantitative estimate of drug-likeness (QED) is 0.524. The number of nitrogens with zero attached hydrogens (tertiary/aromatic N) is 1. The largest absolute Gasteiger partial charge is 0.318 e. The van der Waals surface area contributed by atoms with Gasteiger partial charge in [-0.25, -0.2) is 0 Å². The molecule has 0 aromatic heterocycles. The molecule has 0 saturated heterocycles. The Bertz CT molecular complexity index is 38.7. The van der Waals surface area contributed by atoms with E-state index in [9.17, 15) is 0 Å². The molecular formula is C4H13N2P. The van der Waals surface area contributed by atoms with E-state index in [0.29, 0.717) is 0 Å². The molecule has 0 aliphatic rings. The number of hydrogen-bond donors (Lipinski definition) is 1. The molecular weight excluding hydrogens is 107 g/mol. The lowest BCUT2D eigenvalue weighted by Crippen LogP contribution is -2.19. The van der Waals surface area contributed by atoms with Crippen LogP contribution in [0.1, 0.15) is 0 Å². The van der Waals surface area contributed by atoms with Crippen molar-refractivity contribution in [3.05, 3.63) is 0 Å². The lowest BCUT2D eigenvalue weighted by Gasteiger charge is -2.06. The highest BCUT2D eigenvalue weighted by Gasteiger charge is 1.83. The van der Waals surface area contributed by atoms with Gasteiger partial charge in [-0.1, -0.05) is 9.39 Å². The summed E-state index contributed by atoms with van der Waals surface area (Å²) in [6.07, 6.45) is 0. The van der Waals surface area contributed by atoms with E-state index in [1.807, 2.05) is 14.1 Å². The molecule has 1 unspecified atom stereocenters. The maximum Gasteiger partial charge on any atom is 0.0138 e. The van der Waals surface area contributed by atoms with E-state index in [1.165, 1.54) is 0 Å². The normalized spacial score (nSPS) is 10.3. The average molecular weight is 120 g/mol. The Morgan fingerprint density at radius 1 is 1.71 bits per heavy atom. The molecule has 0 rings (SSSR count). The molecule has 1 N–H and O–H groups in total. The third-order valence-electron chi connectivity index (χ3n) is 0.715. The number of hydrogen-bond acceptors (Lipinski definition) is 2. The van der Waals surface area contributed by atoms with E-state index in [2.05, 4.69) is 19.4 Å². The summed E-state index contributed by atoms with van der Waals surface area (Å²) in [6, 6.07) is 0. The Morgan fingerprint density at radius 2 is 2.29 bits per heavy atom. The Morgan fingerprint density at radius 3 is 2.43 bits per heavy atom. The van der Waals surface area contributed by atoms with Gasteiger partial charge in [0, 0.05) is 13.1 Å². The van der Waals surface area contributed by atoms with Crippen LogP contribution in [-0.2, 0) is 0 Å². The first-order valence-electron chi connectivity index (χ1n) is 2.38. The fourth-order valence-electron chi connectivity index (χ4n) is 0.288. The molecule has 2 nitrogen and oxygen atoms in total. The van der Waals surface area contributed by atoms with Crippen LogP contribution in [-0.4, -0.2) is 31.9 Å². The number of rotatable bonds is 3. The van der Waals surface area contributed by atoms with Crippen molar-refractivity contribution in [1.29, 1.82) is 0 Å². The van der Waals surface area contributed by atoms with E-state index in [0.717, 1.165) is 13.1 Å². The predicted molar refractivity (Wildman–Crippen MR) is 36.3 cm³/mol. The van der Waals surface area contributed by atoms with Gasteiger partial charge in [-0.05, 0) is 14.1 Å². The van der Waals surface area contributed by atoms with Crippen LogP contribution in [0, 0.1) is 0 Å². The van der Waals surface area contributed by atoms with Crippen LogP contribution < -0.4 is 5.32 Å². The fraction of sp³-hybridized carbons (Fsp3) is 1.00. The van der Waals surface area contributed by atoms with Crippen molar-refractivity contribution in [2.75, 3.05) is 27.2 Å². The smallest absolute Gasteiger partial charge is 0.0138 e. The second kappa shape index (κ2) is 4.51. The van der Waals surface area contributed by atoms with Crippen molar-refractivity contribution in [2.24, 2.45) is 0 Å². The third kappa shape index (κ3) is 6.35. The highest BCUT2D eigenvalue weighted by atomic mass is 31.0. The van der Waals surface area contributed by atoms with Gasteiger partial charge in [0.2, 0.25) is 0 Å². The summed E-state index contributed by atoms with van der Waals surface area (Å²) < 4.78 is 2.07. The van der Waals surface area contributed by atoms with Gasteiger partial charge in [0.25, 0.3) is 0 Å². The van der Waals surface area contributed by atoms with Crippen LogP contribution in [0.25, 0.3) is 0 Å². The van der Waals surface area contributed by atoms with Crippen molar-refractivity contribution >= 4 is 9.39 Å². The standard InChI is InChI=1S/C4H13N2P/c1-5-3-4-6(2)7/h5H,3-4,7H2,1-2H3. The summed E-state index contributed by atoms with van der Waals surface area (Å²) in [5, 5.41) is 3.04. The highest BCUT2D eigenvalue weighted by Crippen LogP contribution is 1.86. The number of nitrogens with one attached hydrogen (secondary N) is 1. The zero-order valence-corrected chi connectivity index (χ0v) is 6.09. The first kappa shape index (κ1) is 7.35. The highest BCUT2D eigenvalue weighted by molar-refractivity contribution is 7.13. The van der Waals surface area contributed by atoms with Crippen LogP contribution in [0.15, 0.2) is 0 Å². The molecule has 44 valence electrons. The molecule has 0 radical (unpaired) electrons. The molecule has 0 aliphatic carbocycles. The second-order valence-corrected chi connectivity index (χ2v) is 2.47. The van der Waals surface area contributed by atoms with E-state index in [1.54, 1.807) is 0 Å². The maximum atomic E-state index is 3.04. The van der Waals surface area contributed by atoms with Gasteiger partial charge in [-0.3, -0.25) is 4.67 Å². The van der Waals surface area contributed by atoms with Crippen LogP contribution in [0.2, 0.25) is 0 Å². The number of likely N-dealkylation sites (N-methyl/N-ethyl adjacent to an activating group) is 2. The Balaban J connectivity index is 2.68. The van der Waals surface area contributed by atoms with E-state index >= 15 is 0 Å². The SMILES string of the molecule is CNCCN(C)P. The molecule has 0 fully saturated rings. The molecule has 3 heteroatoms. The van der Waals surface area contributed by atoms with Gasteiger partial charge >= 0.3 is 0 Å². The van der Waals surface area contributed by atoms with Gasteiger partial charge in [0.15, 0.2) is 0 Å². The maximum absolute atomic E-state index is 3.04. The topological polar surface area (TPSA) is 15.3 Å². The summed E-state index contributed by atoms with van der Waals surface area (Å²) in [5.41, 5.74) is 0. The predicted octanol–water partition coefficient (Wildman–Crippen LogP) is -0.0723. The first-order valence-corrected chi connectivity index (χ1v) is 2.89. The molecule has 0 bridgehead atoms. The van der Waals surface area contributed by atoms with Crippen LogP contribution in [0.4, 0.5) is 0 Å². The Hall–Kier alpha value is 0.350. The van der Waals surface area contributed by atoms with Crippen molar-refractivity contribution in [3.63, 3.8) is 0 Å². The summed E-state index contributed by atoms with van der Waals surface area (Å²) in [4.78, 5) is 0. The molecule has 0 saturated carbocycles. The molecule has 0 aromatic rings. The van der Waals surface area contributed by atoms with Gasteiger partial charge in [-0.2, -0.15) is 0 Å². The van der Waals surface area contributed by atoms with Gasteiger partial charge < -0.3 is 5.32 Å². The molecule has 0 heterocycles. The summed E-state index contributed by atoms with van der Waals surface area (Å²) in [5.74, 6) is 0. The zero-order chi connectivity index (χ0) is 5.70. The van der Waals surface area contributed by atoms with E-state index in [4.69, 9.17) is 0 Å². The van der Waals surface area contributed by atoms with Crippen LogP contribution >= 0.6 is 9.39 Å². The third-order valence-corrected chi connectivity index (χ3v) is 0.973.